The van der Waals surface area contributed by atoms with Crippen molar-refractivity contribution in [2.24, 2.45) is 5.92 Å². The topological polar surface area (TPSA) is 82.1 Å². The van der Waals surface area contributed by atoms with Crippen LogP contribution in [-0.4, -0.2) is 23.7 Å². The highest BCUT2D eigenvalue weighted by Crippen LogP contribution is 2.43. The molecule has 1 saturated heterocycles. The number of aromatic hydroxyl groups is 1. The van der Waals surface area contributed by atoms with Gasteiger partial charge in [-0.15, -0.1) is 0 Å². The minimum absolute atomic E-state index is 0.0486. The van der Waals surface area contributed by atoms with E-state index in [4.69, 9.17) is 21.1 Å². The molecule has 0 aliphatic carbocycles. The van der Waals surface area contributed by atoms with Crippen LogP contribution < -0.4 is 0 Å². The maximum Gasteiger partial charge on any atom is 0.313 e. The number of phenolic OH excluding ortho intramolecular Hbond substituents is 1. The Morgan fingerprint density at radius 1 is 1.13 bits per heavy atom. The summed E-state index contributed by atoms with van der Waals surface area (Å²) in [4.78, 5) is 22.2. The van der Waals surface area contributed by atoms with Crippen LogP contribution in [0.3, 0.4) is 0 Å². The fourth-order valence-corrected chi connectivity index (χ4v) is 3.68. The van der Waals surface area contributed by atoms with Gasteiger partial charge in [0.15, 0.2) is 6.29 Å². The van der Waals surface area contributed by atoms with Crippen molar-refractivity contribution in [2.45, 2.75) is 38.6 Å². The van der Waals surface area contributed by atoms with Gasteiger partial charge >= 0.3 is 11.9 Å². The average Bonchev–Trinajstić information content (AvgIpc) is 2.74. The fourth-order valence-electron chi connectivity index (χ4n) is 3.46. The average molecular weight is 445 g/mol. The highest BCUT2D eigenvalue weighted by Gasteiger charge is 2.35. The zero-order valence-electron chi connectivity index (χ0n) is 17.2. The van der Waals surface area contributed by atoms with Gasteiger partial charge in [0, 0.05) is 35.4 Å². The molecule has 7 heteroatoms. The van der Waals surface area contributed by atoms with Crippen molar-refractivity contribution in [3.8, 4) is 5.75 Å². The van der Waals surface area contributed by atoms with Crippen molar-refractivity contribution >= 4 is 23.5 Å². The number of phenols is 1. The molecule has 0 radical (unpaired) electrons. The second-order valence-corrected chi connectivity index (χ2v) is 7.68. The molecule has 1 aliphatic rings. The first-order valence-corrected chi connectivity index (χ1v) is 10.5. The smallest absolute Gasteiger partial charge is 0.313 e. The van der Waals surface area contributed by atoms with Gasteiger partial charge in [-0.1, -0.05) is 60.2 Å². The number of para-hydroxylation sites is 1. The first kappa shape index (κ1) is 23.0. The molecule has 1 aliphatic heterocycles. The lowest BCUT2D eigenvalue weighted by Gasteiger charge is -2.37. The molecule has 3 atom stereocenters. The van der Waals surface area contributed by atoms with E-state index in [1.165, 1.54) is 6.92 Å². The van der Waals surface area contributed by atoms with Crippen molar-refractivity contribution in [1.82, 2.24) is 0 Å². The Balaban J connectivity index is 1.68. The summed E-state index contributed by atoms with van der Waals surface area (Å²) in [7, 11) is 0. The molecule has 0 spiro atoms. The van der Waals surface area contributed by atoms with Gasteiger partial charge in [0.2, 0.25) is 0 Å². The van der Waals surface area contributed by atoms with Gasteiger partial charge in [0.1, 0.15) is 5.75 Å². The molecular weight excluding hydrogens is 420 g/mol. The number of ether oxygens (including phenoxy) is 3. The summed E-state index contributed by atoms with van der Waals surface area (Å²) >= 11 is 6.31. The van der Waals surface area contributed by atoms with Gasteiger partial charge in [0.05, 0.1) is 12.7 Å². The van der Waals surface area contributed by atoms with Gasteiger partial charge in [-0.05, 0) is 25.0 Å². The summed E-state index contributed by atoms with van der Waals surface area (Å²) in [6.07, 6.45) is 3.99. The third-order valence-electron chi connectivity index (χ3n) is 4.94. The van der Waals surface area contributed by atoms with Gasteiger partial charge in [0.25, 0.3) is 0 Å². The third-order valence-corrected chi connectivity index (χ3v) is 5.28. The summed E-state index contributed by atoms with van der Waals surface area (Å²) in [5.74, 6) is -1.04. The summed E-state index contributed by atoms with van der Waals surface area (Å²) in [6.45, 7) is 1.61. The summed E-state index contributed by atoms with van der Waals surface area (Å²) in [5, 5.41) is 10.9. The molecule has 31 heavy (non-hydrogen) atoms. The van der Waals surface area contributed by atoms with Crippen LogP contribution in [0, 0.1) is 5.92 Å². The van der Waals surface area contributed by atoms with Gasteiger partial charge in [-0.3, -0.25) is 9.59 Å². The molecule has 1 heterocycles. The zero-order chi connectivity index (χ0) is 22.2. The van der Waals surface area contributed by atoms with Crippen LogP contribution in [0.2, 0.25) is 5.02 Å². The van der Waals surface area contributed by atoms with E-state index in [0.717, 1.165) is 5.56 Å². The predicted octanol–water partition coefficient (Wildman–Crippen LogP) is 5.26. The van der Waals surface area contributed by atoms with Gasteiger partial charge < -0.3 is 19.3 Å². The van der Waals surface area contributed by atoms with E-state index in [9.17, 15) is 14.7 Å². The summed E-state index contributed by atoms with van der Waals surface area (Å²) in [5.41, 5.74) is 1.42. The van der Waals surface area contributed by atoms with Crippen molar-refractivity contribution in [3.05, 3.63) is 76.8 Å². The van der Waals surface area contributed by atoms with Crippen LogP contribution in [0.1, 0.15) is 49.7 Å². The lowest BCUT2D eigenvalue weighted by molar-refractivity contribution is -0.244. The Kier molecular flexibility index (Phi) is 8.23. The monoisotopic (exact) mass is 444 g/mol. The van der Waals surface area contributed by atoms with E-state index in [1.54, 1.807) is 18.2 Å². The normalized spacial score (nSPS) is 21.2. The molecule has 0 saturated carbocycles. The number of hydrogen-bond donors (Lipinski definition) is 1. The first-order valence-electron chi connectivity index (χ1n) is 10.1. The van der Waals surface area contributed by atoms with E-state index >= 15 is 0 Å². The summed E-state index contributed by atoms with van der Waals surface area (Å²) < 4.78 is 16.7. The second-order valence-electron chi connectivity index (χ2n) is 7.27. The minimum Gasteiger partial charge on any atom is -0.508 e. The molecule has 1 unspecified atom stereocenters. The third kappa shape index (κ3) is 6.40. The molecule has 3 rings (SSSR count). The number of carbonyl (C=O) groups excluding carboxylic acids is 2. The van der Waals surface area contributed by atoms with E-state index in [-0.39, 0.29) is 18.1 Å². The molecule has 164 valence electrons. The minimum atomic E-state index is -0.639. The predicted molar refractivity (Wildman–Crippen MR) is 115 cm³/mol. The van der Waals surface area contributed by atoms with Crippen LogP contribution >= 0.6 is 11.6 Å². The largest absolute Gasteiger partial charge is 0.508 e. The maximum atomic E-state index is 11.4. The molecule has 6 nitrogen and oxygen atoms in total. The number of halogens is 1. The molecule has 0 bridgehead atoms. The fraction of sp³-hybridized carbons (Fsp3) is 0.333. The first-order chi connectivity index (χ1) is 15.0. The molecular formula is C24H25ClO6. The quantitative estimate of drug-likeness (QED) is 0.356. The van der Waals surface area contributed by atoms with E-state index in [2.05, 4.69) is 4.74 Å². The lowest BCUT2D eigenvalue weighted by Crippen LogP contribution is -2.30. The van der Waals surface area contributed by atoms with Crippen LogP contribution in [-0.2, 0) is 23.8 Å². The van der Waals surface area contributed by atoms with Crippen molar-refractivity contribution < 1.29 is 28.9 Å². The molecule has 2 aromatic carbocycles. The molecule has 1 N–H and O–H groups in total. The van der Waals surface area contributed by atoms with Crippen LogP contribution in [0.25, 0.3) is 0 Å². The van der Waals surface area contributed by atoms with Crippen LogP contribution in [0.15, 0.2) is 60.7 Å². The number of carbonyl (C=O) groups is 2. The van der Waals surface area contributed by atoms with E-state index < -0.39 is 24.3 Å². The number of rotatable bonds is 7. The lowest BCUT2D eigenvalue weighted by atomic mass is 9.91. The summed E-state index contributed by atoms with van der Waals surface area (Å²) in [6, 6.07) is 14.4. The van der Waals surface area contributed by atoms with E-state index in [0.29, 0.717) is 30.0 Å². The van der Waals surface area contributed by atoms with Gasteiger partial charge in [-0.2, -0.15) is 0 Å². The zero-order valence-corrected chi connectivity index (χ0v) is 18.0. The molecule has 0 aromatic heterocycles. The van der Waals surface area contributed by atoms with Crippen LogP contribution in [0.5, 0.6) is 5.75 Å². The highest BCUT2D eigenvalue weighted by atomic mass is 35.5. The number of allylic oxidation sites excluding steroid dienone is 2. The Morgan fingerprint density at radius 3 is 2.55 bits per heavy atom. The Labute approximate surface area is 186 Å². The molecule has 1 fully saturated rings. The number of hydrogen-bond acceptors (Lipinski definition) is 6. The Hall–Kier alpha value is -2.67. The molecule has 2 aromatic rings. The van der Waals surface area contributed by atoms with Crippen molar-refractivity contribution in [2.75, 3.05) is 6.61 Å². The maximum absolute atomic E-state index is 11.4. The Bertz CT molecular complexity index is 941. The van der Waals surface area contributed by atoms with Crippen molar-refractivity contribution in [3.63, 3.8) is 0 Å². The number of esters is 2. The van der Waals surface area contributed by atoms with E-state index in [1.807, 2.05) is 42.5 Å². The standard InChI is InChI=1S/C24H25ClO6/c1-16(26)30-22(28)14-4-2-3-9-17-15-29-24(18-10-5-7-12-20(18)25)31-23(17)19-11-6-8-13-21(19)27/h2-3,5-8,10-13,17,23-24,27H,4,9,14-15H2,1H3/b3-2-/t17-,23+,24?/m1/s1. The molecule has 0 amide bonds. The second kappa shape index (κ2) is 11.1. The SMILES string of the molecule is CC(=O)OC(=O)CC/C=C\C[C@@H]1COC(c2ccccc2Cl)O[C@@H]1c1ccccc1O. The van der Waals surface area contributed by atoms with Gasteiger partial charge in [-0.25, -0.2) is 0 Å². The number of benzene rings is 2. The highest BCUT2D eigenvalue weighted by molar-refractivity contribution is 6.31. The Morgan fingerprint density at radius 2 is 1.84 bits per heavy atom. The van der Waals surface area contributed by atoms with Crippen LogP contribution in [0.4, 0.5) is 0 Å². The van der Waals surface area contributed by atoms with Crippen molar-refractivity contribution in [1.29, 1.82) is 0 Å².